The van der Waals surface area contributed by atoms with Gasteiger partial charge < -0.3 is 10.2 Å². The fourth-order valence-electron chi connectivity index (χ4n) is 3.92. The van der Waals surface area contributed by atoms with Crippen molar-refractivity contribution in [3.05, 3.63) is 52.3 Å². The number of aryl methyl sites for hydroxylation is 2. The van der Waals surface area contributed by atoms with Crippen LogP contribution in [0.5, 0.6) is 0 Å². The summed E-state index contributed by atoms with van der Waals surface area (Å²) in [5.74, 6) is 0.273. The molecule has 1 aliphatic heterocycles. The summed E-state index contributed by atoms with van der Waals surface area (Å²) in [5, 5.41) is 8.04. The first-order chi connectivity index (χ1) is 13.0. The van der Waals surface area contributed by atoms with E-state index in [1.54, 1.807) is 0 Å². The Hall–Kier alpha value is -1.85. The normalized spacial score (nSPS) is 14.8. The zero-order valence-electron chi connectivity index (χ0n) is 17.5. The Morgan fingerprint density at radius 1 is 1.14 bits per heavy atom. The second kappa shape index (κ2) is 10.1. The fraction of sp³-hybridized carbons (Fsp3) is 0.545. The lowest BCUT2D eigenvalue weighted by molar-refractivity contribution is -0.132. The molecule has 1 fully saturated rings. The van der Waals surface area contributed by atoms with Crippen LogP contribution in [0.1, 0.15) is 47.3 Å². The standard InChI is InChI=1S/C22H32N4O.ClH/c1-16-5-7-19(8-6-16)15-26-18(3)21(17(2)24-26)9-10-22(27)25-13-11-20(23-4)12-14-25;/h5-8,20,23H,9-15H2,1-4H3;1H. The largest absolute Gasteiger partial charge is 0.343 e. The summed E-state index contributed by atoms with van der Waals surface area (Å²) in [5.41, 5.74) is 5.96. The zero-order chi connectivity index (χ0) is 19.4. The summed E-state index contributed by atoms with van der Waals surface area (Å²) >= 11 is 0. The van der Waals surface area contributed by atoms with E-state index < -0.39 is 0 Å². The maximum Gasteiger partial charge on any atom is 0.222 e. The van der Waals surface area contributed by atoms with Crippen molar-refractivity contribution in [2.75, 3.05) is 20.1 Å². The van der Waals surface area contributed by atoms with Crippen LogP contribution in [0.3, 0.4) is 0 Å². The molecule has 1 aliphatic rings. The molecule has 1 aromatic carbocycles. The van der Waals surface area contributed by atoms with Crippen LogP contribution in [0.15, 0.2) is 24.3 Å². The number of aromatic nitrogens is 2. The summed E-state index contributed by atoms with van der Waals surface area (Å²) < 4.78 is 2.07. The van der Waals surface area contributed by atoms with E-state index in [0.717, 1.165) is 44.6 Å². The number of carbonyl (C=O) groups is 1. The molecular weight excluding hydrogens is 372 g/mol. The van der Waals surface area contributed by atoms with E-state index in [9.17, 15) is 4.79 Å². The van der Waals surface area contributed by atoms with E-state index in [1.807, 2.05) is 11.9 Å². The molecule has 0 unspecified atom stereocenters. The van der Waals surface area contributed by atoms with Gasteiger partial charge in [0.2, 0.25) is 5.91 Å². The molecule has 2 heterocycles. The highest BCUT2D eigenvalue weighted by Gasteiger charge is 2.22. The minimum atomic E-state index is 0. The Morgan fingerprint density at radius 2 is 1.79 bits per heavy atom. The number of hydrogen-bond acceptors (Lipinski definition) is 3. The molecule has 1 aromatic heterocycles. The molecule has 3 rings (SSSR count). The second-order valence-electron chi connectivity index (χ2n) is 7.74. The van der Waals surface area contributed by atoms with E-state index >= 15 is 0 Å². The zero-order valence-corrected chi connectivity index (χ0v) is 18.3. The number of rotatable bonds is 6. The summed E-state index contributed by atoms with van der Waals surface area (Å²) in [4.78, 5) is 14.6. The third-order valence-electron chi connectivity index (χ3n) is 5.83. The molecule has 154 valence electrons. The van der Waals surface area contributed by atoms with Gasteiger partial charge in [-0.25, -0.2) is 0 Å². The monoisotopic (exact) mass is 404 g/mol. The lowest BCUT2D eigenvalue weighted by atomic mass is 10.0. The summed E-state index contributed by atoms with van der Waals surface area (Å²) in [6.45, 7) is 8.79. The molecule has 2 aromatic rings. The lowest BCUT2D eigenvalue weighted by Gasteiger charge is -2.31. The molecule has 1 amide bonds. The minimum absolute atomic E-state index is 0. The van der Waals surface area contributed by atoms with Crippen LogP contribution in [0.4, 0.5) is 0 Å². The van der Waals surface area contributed by atoms with Crippen molar-refractivity contribution < 1.29 is 4.79 Å². The van der Waals surface area contributed by atoms with Gasteiger partial charge in [-0.3, -0.25) is 9.48 Å². The van der Waals surface area contributed by atoms with Gasteiger partial charge in [0, 0.05) is 31.2 Å². The topological polar surface area (TPSA) is 50.2 Å². The Labute approximate surface area is 174 Å². The quantitative estimate of drug-likeness (QED) is 0.802. The van der Waals surface area contributed by atoms with Gasteiger partial charge in [0.05, 0.1) is 12.2 Å². The van der Waals surface area contributed by atoms with Crippen LogP contribution >= 0.6 is 12.4 Å². The fourth-order valence-corrected chi connectivity index (χ4v) is 3.92. The van der Waals surface area contributed by atoms with Gasteiger partial charge in [0.1, 0.15) is 0 Å². The maximum atomic E-state index is 12.6. The number of nitrogens with zero attached hydrogens (tertiary/aromatic N) is 3. The smallest absolute Gasteiger partial charge is 0.222 e. The SMILES string of the molecule is CNC1CCN(C(=O)CCc2c(C)nn(Cc3ccc(C)cc3)c2C)CC1.Cl. The van der Waals surface area contributed by atoms with Crippen molar-refractivity contribution in [2.45, 2.75) is 59.0 Å². The van der Waals surface area contributed by atoms with Crippen LogP contribution in [0.2, 0.25) is 0 Å². The molecule has 5 nitrogen and oxygen atoms in total. The molecule has 0 bridgehead atoms. The molecule has 0 spiro atoms. The van der Waals surface area contributed by atoms with E-state index in [1.165, 1.54) is 22.4 Å². The number of amides is 1. The van der Waals surface area contributed by atoms with Crippen molar-refractivity contribution in [1.82, 2.24) is 20.0 Å². The summed E-state index contributed by atoms with van der Waals surface area (Å²) in [6, 6.07) is 9.14. The highest BCUT2D eigenvalue weighted by molar-refractivity contribution is 5.85. The van der Waals surface area contributed by atoms with Crippen LogP contribution in [-0.2, 0) is 17.8 Å². The molecule has 6 heteroatoms. The highest BCUT2D eigenvalue weighted by Crippen LogP contribution is 2.18. The molecule has 28 heavy (non-hydrogen) atoms. The van der Waals surface area contributed by atoms with Crippen molar-refractivity contribution in [1.29, 1.82) is 0 Å². The van der Waals surface area contributed by atoms with Crippen molar-refractivity contribution in [2.24, 2.45) is 0 Å². The van der Waals surface area contributed by atoms with Crippen LogP contribution < -0.4 is 5.32 Å². The number of piperidine rings is 1. The van der Waals surface area contributed by atoms with E-state index in [4.69, 9.17) is 5.10 Å². The first-order valence-electron chi connectivity index (χ1n) is 10.0. The van der Waals surface area contributed by atoms with Gasteiger partial charge in [-0.1, -0.05) is 29.8 Å². The van der Waals surface area contributed by atoms with Crippen molar-refractivity contribution in [3.63, 3.8) is 0 Å². The minimum Gasteiger partial charge on any atom is -0.343 e. The predicted octanol–water partition coefficient (Wildman–Crippen LogP) is 3.42. The summed E-state index contributed by atoms with van der Waals surface area (Å²) in [7, 11) is 2.00. The van der Waals surface area contributed by atoms with Crippen LogP contribution in [-0.4, -0.2) is 46.8 Å². The van der Waals surface area contributed by atoms with E-state index in [0.29, 0.717) is 12.5 Å². The third-order valence-corrected chi connectivity index (χ3v) is 5.83. The van der Waals surface area contributed by atoms with Gasteiger partial charge in [-0.15, -0.1) is 12.4 Å². The Bertz CT molecular complexity index is 777. The molecule has 1 saturated heterocycles. The van der Waals surface area contributed by atoms with Crippen LogP contribution in [0, 0.1) is 20.8 Å². The Morgan fingerprint density at radius 3 is 2.39 bits per heavy atom. The number of hydrogen-bond donors (Lipinski definition) is 1. The Kier molecular flexibility index (Phi) is 8.08. The van der Waals surface area contributed by atoms with Gasteiger partial charge in [-0.05, 0) is 58.2 Å². The van der Waals surface area contributed by atoms with Gasteiger partial charge in [-0.2, -0.15) is 5.10 Å². The molecule has 0 radical (unpaired) electrons. The predicted molar refractivity (Wildman–Crippen MR) is 116 cm³/mol. The van der Waals surface area contributed by atoms with Gasteiger partial charge in [0.25, 0.3) is 0 Å². The Balaban J connectivity index is 0.00000280. The lowest BCUT2D eigenvalue weighted by Crippen LogP contribution is -2.44. The number of likely N-dealkylation sites (tertiary alicyclic amines) is 1. The number of carbonyl (C=O) groups excluding carboxylic acids is 1. The number of benzene rings is 1. The highest BCUT2D eigenvalue weighted by atomic mass is 35.5. The average Bonchev–Trinajstić information content (AvgIpc) is 2.94. The van der Waals surface area contributed by atoms with Crippen LogP contribution in [0.25, 0.3) is 0 Å². The third kappa shape index (κ3) is 5.36. The van der Waals surface area contributed by atoms with E-state index in [-0.39, 0.29) is 18.3 Å². The maximum absolute atomic E-state index is 12.6. The first kappa shape index (κ1) is 22.4. The van der Waals surface area contributed by atoms with Crippen molar-refractivity contribution in [3.8, 4) is 0 Å². The second-order valence-corrected chi connectivity index (χ2v) is 7.74. The van der Waals surface area contributed by atoms with Gasteiger partial charge >= 0.3 is 0 Å². The van der Waals surface area contributed by atoms with Gasteiger partial charge in [0.15, 0.2) is 0 Å². The molecular formula is C22H33ClN4O. The molecule has 0 atom stereocenters. The molecule has 1 N–H and O–H groups in total. The number of halogens is 1. The number of nitrogens with one attached hydrogen (secondary N) is 1. The van der Waals surface area contributed by atoms with E-state index in [2.05, 4.69) is 55.0 Å². The first-order valence-corrected chi connectivity index (χ1v) is 10.0. The molecule has 0 saturated carbocycles. The molecule has 0 aliphatic carbocycles. The van der Waals surface area contributed by atoms with Crippen molar-refractivity contribution >= 4 is 18.3 Å². The average molecular weight is 405 g/mol. The summed E-state index contributed by atoms with van der Waals surface area (Å²) in [6.07, 6.45) is 3.45.